The molecule has 0 saturated carbocycles. The predicted molar refractivity (Wildman–Crippen MR) is 87.7 cm³/mol. The van der Waals surface area contributed by atoms with Crippen molar-refractivity contribution >= 4 is 11.7 Å². The van der Waals surface area contributed by atoms with E-state index in [0.717, 1.165) is 0 Å². The van der Waals surface area contributed by atoms with Gasteiger partial charge in [-0.1, -0.05) is 43.7 Å². The highest BCUT2D eigenvalue weighted by Crippen LogP contribution is 2.08. The number of hydrogen-bond acceptors (Lipinski definition) is 4. The van der Waals surface area contributed by atoms with Crippen LogP contribution in [0.5, 0.6) is 0 Å². The highest BCUT2D eigenvalue weighted by molar-refractivity contribution is 5.92. The maximum absolute atomic E-state index is 11.8. The number of hydrogen-bond donors (Lipinski definition) is 2. The zero-order valence-electron chi connectivity index (χ0n) is 13.3. The summed E-state index contributed by atoms with van der Waals surface area (Å²) in [6, 6.07) is 11.7. The monoisotopic (exact) mass is 298 g/mol. The number of nitrogens with zero attached hydrogens (tertiary/aromatic N) is 2. The highest BCUT2D eigenvalue weighted by Gasteiger charge is 2.08. The Morgan fingerprint density at radius 3 is 2.64 bits per heavy atom. The van der Waals surface area contributed by atoms with Gasteiger partial charge in [0.15, 0.2) is 5.69 Å². The van der Waals surface area contributed by atoms with E-state index < -0.39 is 0 Å². The number of rotatable bonds is 6. The summed E-state index contributed by atoms with van der Waals surface area (Å²) < 4.78 is 0. The Bertz CT molecular complexity index is 623. The topological polar surface area (TPSA) is 66.9 Å². The van der Waals surface area contributed by atoms with Crippen LogP contribution in [-0.4, -0.2) is 22.6 Å². The first kappa shape index (κ1) is 15.9. The maximum atomic E-state index is 11.8. The van der Waals surface area contributed by atoms with Crippen LogP contribution in [0.3, 0.4) is 0 Å². The van der Waals surface area contributed by atoms with Crippen molar-refractivity contribution in [3.05, 3.63) is 53.2 Å². The molecule has 0 aliphatic carbocycles. The van der Waals surface area contributed by atoms with E-state index in [4.69, 9.17) is 0 Å². The summed E-state index contributed by atoms with van der Waals surface area (Å²) in [5, 5.41) is 14.0. The van der Waals surface area contributed by atoms with E-state index in [1.165, 1.54) is 11.1 Å². The molecule has 22 heavy (non-hydrogen) atoms. The fourth-order valence-electron chi connectivity index (χ4n) is 1.95. The van der Waals surface area contributed by atoms with Crippen molar-refractivity contribution in [2.24, 2.45) is 5.92 Å². The van der Waals surface area contributed by atoms with Crippen molar-refractivity contribution in [3.63, 3.8) is 0 Å². The summed E-state index contributed by atoms with van der Waals surface area (Å²) in [5.74, 6) is 0.875. The first-order valence-electron chi connectivity index (χ1n) is 7.46. The molecule has 5 nitrogen and oxygen atoms in total. The van der Waals surface area contributed by atoms with Crippen LogP contribution in [-0.2, 0) is 6.54 Å². The van der Waals surface area contributed by atoms with Gasteiger partial charge in [-0.2, -0.15) is 0 Å². The average molecular weight is 298 g/mol. The smallest absolute Gasteiger partial charge is 0.271 e. The number of aryl methyl sites for hydroxylation is 1. The summed E-state index contributed by atoms with van der Waals surface area (Å²) in [5.41, 5.74) is 2.74. The Balaban J connectivity index is 1.90. The van der Waals surface area contributed by atoms with Gasteiger partial charge in [-0.3, -0.25) is 4.79 Å². The SMILES string of the molecule is Cc1cccc(CNc2ccc(C(=O)NCC(C)C)nn2)c1. The Hall–Kier alpha value is -2.43. The number of anilines is 1. The van der Waals surface area contributed by atoms with E-state index in [2.05, 4.69) is 46.0 Å². The lowest BCUT2D eigenvalue weighted by Crippen LogP contribution is -2.28. The Morgan fingerprint density at radius 1 is 1.18 bits per heavy atom. The molecule has 0 aliphatic rings. The predicted octanol–water partition coefficient (Wildman–Crippen LogP) is 2.78. The molecule has 0 fully saturated rings. The van der Waals surface area contributed by atoms with Crippen LogP contribution in [0, 0.1) is 12.8 Å². The van der Waals surface area contributed by atoms with Gasteiger partial charge in [-0.15, -0.1) is 10.2 Å². The van der Waals surface area contributed by atoms with Crippen LogP contribution in [0.4, 0.5) is 5.82 Å². The quantitative estimate of drug-likeness (QED) is 0.860. The molecule has 2 rings (SSSR count). The van der Waals surface area contributed by atoms with E-state index >= 15 is 0 Å². The van der Waals surface area contributed by atoms with Crippen molar-refractivity contribution in [2.45, 2.75) is 27.3 Å². The minimum Gasteiger partial charge on any atom is -0.365 e. The largest absolute Gasteiger partial charge is 0.365 e. The van der Waals surface area contributed by atoms with E-state index in [0.29, 0.717) is 30.5 Å². The van der Waals surface area contributed by atoms with Gasteiger partial charge in [0.05, 0.1) is 0 Å². The standard InChI is InChI=1S/C17H22N4O/c1-12(2)10-19-17(22)15-7-8-16(21-20-15)18-11-14-6-4-5-13(3)9-14/h4-9,12H,10-11H2,1-3H3,(H,18,21)(H,19,22). The van der Waals surface area contributed by atoms with Gasteiger partial charge < -0.3 is 10.6 Å². The lowest BCUT2D eigenvalue weighted by atomic mass is 10.1. The second-order valence-electron chi connectivity index (χ2n) is 5.75. The maximum Gasteiger partial charge on any atom is 0.271 e. The summed E-state index contributed by atoms with van der Waals surface area (Å²) in [6.45, 7) is 7.46. The van der Waals surface area contributed by atoms with E-state index in [-0.39, 0.29) is 5.91 Å². The number of amides is 1. The van der Waals surface area contributed by atoms with E-state index in [1.54, 1.807) is 12.1 Å². The Kier molecular flexibility index (Phi) is 5.47. The third kappa shape index (κ3) is 4.84. The van der Waals surface area contributed by atoms with Gasteiger partial charge >= 0.3 is 0 Å². The van der Waals surface area contributed by atoms with Gasteiger partial charge in [0.1, 0.15) is 5.82 Å². The number of benzene rings is 1. The van der Waals surface area contributed by atoms with Gasteiger partial charge in [-0.05, 0) is 30.5 Å². The number of nitrogens with one attached hydrogen (secondary N) is 2. The fraction of sp³-hybridized carbons (Fsp3) is 0.353. The minimum atomic E-state index is -0.188. The van der Waals surface area contributed by atoms with Crippen LogP contribution in [0.15, 0.2) is 36.4 Å². The Labute approximate surface area is 131 Å². The normalized spacial score (nSPS) is 10.5. The first-order chi connectivity index (χ1) is 10.5. The molecule has 1 aromatic heterocycles. The van der Waals surface area contributed by atoms with Crippen LogP contribution < -0.4 is 10.6 Å². The molecule has 0 spiro atoms. The highest BCUT2D eigenvalue weighted by atomic mass is 16.1. The van der Waals surface area contributed by atoms with Crippen LogP contribution in [0.25, 0.3) is 0 Å². The molecule has 0 atom stereocenters. The van der Waals surface area contributed by atoms with Crippen molar-refractivity contribution in [3.8, 4) is 0 Å². The average Bonchev–Trinajstić information content (AvgIpc) is 2.51. The molecule has 0 aliphatic heterocycles. The molecule has 1 heterocycles. The molecule has 2 aromatic rings. The van der Waals surface area contributed by atoms with Crippen LogP contribution >= 0.6 is 0 Å². The summed E-state index contributed by atoms with van der Waals surface area (Å²) in [7, 11) is 0. The fourth-order valence-corrected chi connectivity index (χ4v) is 1.95. The molecule has 5 heteroatoms. The molecule has 0 bridgehead atoms. The number of carbonyl (C=O) groups excluding carboxylic acids is 1. The Morgan fingerprint density at radius 2 is 2.00 bits per heavy atom. The van der Waals surface area contributed by atoms with Gasteiger partial charge in [0.25, 0.3) is 5.91 Å². The number of aromatic nitrogens is 2. The lowest BCUT2D eigenvalue weighted by molar-refractivity contribution is 0.0943. The molecular weight excluding hydrogens is 276 g/mol. The molecule has 0 saturated heterocycles. The third-order valence-corrected chi connectivity index (χ3v) is 3.12. The zero-order chi connectivity index (χ0) is 15.9. The molecule has 1 aromatic carbocycles. The first-order valence-corrected chi connectivity index (χ1v) is 7.46. The summed E-state index contributed by atoms with van der Waals surface area (Å²) in [4.78, 5) is 11.8. The van der Waals surface area contributed by atoms with Crippen molar-refractivity contribution in [2.75, 3.05) is 11.9 Å². The third-order valence-electron chi connectivity index (χ3n) is 3.12. The van der Waals surface area contributed by atoms with Gasteiger partial charge in [0.2, 0.25) is 0 Å². The summed E-state index contributed by atoms with van der Waals surface area (Å²) in [6.07, 6.45) is 0. The molecule has 0 radical (unpaired) electrons. The van der Waals surface area contributed by atoms with Crippen molar-refractivity contribution in [1.82, 2.24) is 15.5 Å². The molecule has 1 amide bonds. The molecule has 116 valence electrons. The van der Waals surface area contributed by atoms with Gasteiger partial charge in [-0.25, -0.2) is 0 Å². The van der Waals surface area contributed by atoms with E-state index in [9.17, 15) is 4.79 Å². The minimum absolute atomic E-state index is 0.188. The molecule has 2 N–H and O–H groups in total. The second kappa shape index (κ2) is 7.54. The van der Waals surface area contributed by atoms with Gasteiger partial charge in [0, 0.05) is 13.1 Å². The van der Waals surface area contributed by atoms with Crippen molar-refractivity contribution < 1.29 is 4.79 Å². The summed E-state index contributed by atoms with van der Waals surface area (Å²) >= 11 is 0. The molecular formula is C17H22N4O. The van der Waals surface area contributed by atoms with Crippen LogP contribution in [0.2, 0.25) is 0 Å². The van der Waals surface area contributed by atoms with E-state index in [1.807, 2.05) is 19.9 Å². The second-order valence-corrected chi connectivity index (χ2v) is 5.75. The van der Waals surface area contributed by atoms with Crippen LogP contribution in [0.1, 0.15) is 35.5 Å². The lowest BCUT2D eigenvalue weighted by Gasteiger charge is -2.08. The zero-order valence-corrected chi connectivity index (χ0v) is 13.3. The van der Waals surface area contributed by atoms with Crippen molar-refractivity contribution in [1.29, 1.82) is 0 Å². The number of carbonyl (C=O) groups is 1. The molecule has 0 unspecified atom stereocenters.